The molecule has 0 spiro atoms. The monoisotopic (exact) mass is 262 g/mol. The molecule has 2 saturated heterocycles. The summed E-state index contributed by atoms with van der Waals surface area (Å²) < 4.78 is 5.45. The summed E-state index contributed by atoms with van der Waals surface area (Å²) in [5.41, 5.74) is 1.14. The van der Waals surface area contributed by atoms with Gasteiger partial charge in [0.1, 0.15) is 0 Å². The second-order valence-electron chi connectivity index (χ2n) is 5.81. The average Bonchev–Trinajstić information content (AvgIpc) is 3.10. The Bertz CT molecular complexity index is 443. The molecular weight excluding hydrogens is 240 g/mol. The molecule has 4 heteroatoms. The number of unbranched alkanes of at least 4 members (excludes halogenated alkanes) is 1. The van der Waals surface area contributed by atoms with E-state index < -0.39 is 0 Å². The fraction of sp³-hybridized carbons (Fsp3) is 0.667. The summed E-state index contributed by atoms with van der Waals surface area (Å²) in [6, 6.07) is 1.92. The summed E-state index contributed by atoms with van der Waals surface area (Å²) in [5.74, 6) is 1.85. The Balaban J connectivity index is 1.62. The Morgan fingerprint density at radius 2 is 2.16 bits per heavy atom. The van der Waals surface area contributed by atoms with Gasteiger partial charge in [-0.3, -0.25) is 4.79 Å². The van der Waals surface area contributed by atoms with E-state index in [1.165, 1.54) is 0 Å². The number of fused-ring (bicyclic) bond motifs is 1. The van der Waals surface area contributed by atoms with Crippen molar-refractivity contribution in [3.63, 3.8) is 0 Å². The predicted molar refractivity (Wildman–Crippen MR) is 73.1 cm³/mol. The fourth-order valence-corrected chi connectivity index (χ4v) is 3.18. The van der Waals surface area contributed by atoms with E-state index in [1.54, 1.807) is 6.26 Å². The van der Waals surface area contributed by atoms with Crippen LogP contribution in [-0.4, -0.2) is 37.0 Å². The topological polar surface area (TPSA) is 45.5 Å². The molecule has 2 fully saturated rings. The molecule has 0 aliphatic carbocycles. The number of rotatable bonds is 4. The zero-order chi connectivity index (χ0) is 13.2. The van der Waals surface area contributed by atoms with Crippen LogP contribution in [0.4, 0.5) is 0 Å². The predicted octanol–water partition coefficient (Wildman–Crippen LogP) is 1.91. The summed E-state index contributed by atoms with van der Waals surface area (Å²) in [6.45, 7) is 6.02. The largest absolute Gasteiger partial charge is 0.459 e. The summed E-state index contributed by atoms with van der Waals surface area (Å²) in [7, 11) is 0. The molecule has 0 radical (unpaired) electrons. The minimum absolute atomic E-state index is 0.0668. The third-order valence-electron chi connectivity index (χ3n) is 4.36. The van der Waals surface area contributed by atoms with Crippen LogP contribution in [0.1, 0.15) is 35.9 Å². The molecule has 104 valence electrons. The molecule has 0 bridgehead atoms. The summed E-state index contributed by atoms with van der Waals surface area (Å²) in [6.07, 6.45) is 5.05. The van der Waals surface area contributed by atoms with Crippen molar-refractivity contribution in [2.75, 3.05) is 26.2 Å². The maximum atomic E-state index is 12.4. The zero-order valence-corrected chi connectivity index (χ0v) is 11.5. The van der Waals surface area contributed by atoms with E-state index in [2.05, 4.69) is 12.2 Å². The third-order valence-corrected chi connectivity index (χ3v) is 4.36. The first-order chi connectivity index (χ1) is 9.28. The van der Waals surface area contributed by atoms with Crippen molar-refractivity contribution in [3.8, 4) is 0 Å². The van der Waals surface area contributed by atoms with Gasteiger partial charge in [0.25, 0.3) is 5.91 Å². The number of amides is 1. The van der Waals surface area contributed by atoms with Crippen LogP contribution >= 0.6 is 0 Å². The zero-order valence-electron chi connectivity index (χ0n) is 11.5. The molecular formula is C15H22N2O2. The fourth-order valence-electron chi connectivity index (χ4n) is 3.18. The summed E-state index contributed by atoms with van der Waals surface area (Å²) in [5, 5.41) is 3.39. The van der Waals surface area contributed by atoms with E-state index >= 15 is 0 Å². The molecule has 1 N–H and O–H groups in total. The average molecular weight is 262 g/mol. The second-order valence-corrected chi connectivity index (χ2v) is 5.81. The van der Waals surface area contributed by atoms with Crippen LogP contribution in [0.5, 0.6) is 0 Å². The molecule has 0 saturated carbocycles. The summed E-state index contributed by atoms with van der Waals surface area (Å²) in [4.78, 5) is 14.3. The number of hydrogen-bond donors (Lipinski definition) is 1. The minimum Gasteiger partial charge on any atom is -0.459 e. The van der Waals surface area contributed by atoms with Crippen molar-refractivity contribution in [2.24, 2.45) is 11.8 Å². The maximum Gasteiger partial charge on any atom is 0.289 e. The SMILES string of the molecule is CCCCc1coc(C(=O)N2CC3CNCC3C2)c1. The van der Waals surface area contributed by atoms with Crippen LogP contribution in [0.15, 0.2) is 16.7 Å². The molecule has 4 nitrogen and oxygen atoms in total. The van der Waals surface area contributed by atoms with Crippen molar-refractivity contribution in [1.82, 2.24) is 10.2 Å². The van der Waals surface area contributed by atoms with Gasteiger partial charge in [-0.05, 0) is 36.3 Å². The maximum absolute atomic E-state index is 12.4. The van der Waals surface area contributed by atoms with Crippen LogP contribution in [0, 0.1) is 11.8 Å². The normalized spacial score (nSPS) is 25.8. The van der Waals surface area contributed by atoms with Gasteiger partial charge >= 0.3 is 0 Å². The van der Waals surface area contributed by atoms with Crippen LogP contribution in [-0.2, 0) is 6.42 Å². The number of nitrogens with one attached hydrogen (secondary N) is 1. The lowest BCUT2D eigenvalue weighted by atomic mass is 10.0. The molecule has 1 aromatic heterocycles. The molecule has 3 heterocycles. The van der Waals surface area contributed by atoms with Crippen molar-refractivity contribution >= 4 is 5.91 Å². The first kappa shape index (κ1) is 12.7. The molecule has 2 aliphatic heterocycles. The smallest absolute Gasteiger partial charge is 0.289 e. The first-order valence-corrected chi connectivity index (χ1v) is 7.35. The lowest BCUT2D eigenvalue weighted by Crippen LogP contribution is -2.31. The van der Waals surface area contributed by atoms with Crippen LogP contribution in [0.2, 0.25) is 0 Å². The van der Waals surface area contributed by atoms with Crippen molar-refractivity contribution in [1.29, 1.82) is 0 Å². The van der Waals surface area contributed by atoms with Crippen LogP contribution in [0.25, 0.3) is 0 Å². The molecule has 19 heavy (non-hydrogen) atoms. The highest BCUT2D eigenvalue weighted by atomic mass is 16.3. The Kier molecular flexibility index (Phi) is 3.60. The third kappa shape index (κ3) is 2.54. The highest BCUT2D eigenvalue weighted by Gasteiger charge is 2.38. The van der Waals surface area contributed by atoms with Gasteiger partial charge in [-0.2, -0.15) is 0 Å². The van der Waals surface area contributed by atoms with Gasteiger partial charge in [-0.1, -0.05) is 13.3 Å². The Hall–Kier alpha value is -1.29. The minimum atomic E-state index is 0.0668. The Labute approximate surface area is 114 Å². The number of carbonyl (C=O) groups is 1. The second kappa shape index (κ2) is 5.37. The van der Waals surface area contributed by atoms with E-state index in [0.717, 1.165) is 51.0 Å². The van der Waals surface area contributed by atoms with Crippen LogP contribution in [0.3, 0.4) is 0 Å². The molecule has 2 unspecified atom stereocenters. The number of carbonyl (C=O) groups excluding carboxylic acids is 1. The molecule has 1 aromatic rings. The van der Waals surface area contributed by atoms with E-state index in [0.29, 0.717) is 17.6 Å². The van der Waals surface area contributed by atoms with Gasteiger partial charge in [-0.15, -0.1) is 0 Å². The molecule has 2 atom stereocenters. The van der Waals surface area contributed by atoms with Gasteiger partial charge in [0.05, 0.1) is 6.26 Å². The quantitative estimate of drug-likeness (QED) is 0.901. The van der Waals surface area contributed by atoms with Crippen molar-refractivity contribution in [2.45, 2.75) is 26.2 Å². The van der Waals surface area contributed by atoms with E-state index in [4.69, 9.17) is 4.42 Å². The molecule has 1 amide bonds. The standard InChI is InChI=1S/C15H22N2O2/c1-2-3-4-11-5-14(19-10-11)15(18)17-8-12-6-16-7-13(12)9-17/h5,10,12-13,16H,2-4,6-9H2,1H3. The number of likely N-dealkylation sites (tertiary alicyclic amines) is 1. The van der Waals surface area contributed by atoms with Gasteiger partial charge in [-0.25, -0.2) is 0 Å². The van der Waals surface area contributed by atoms with Gasteiger partial charge < -0.3 is 14.6 Å². The number of aryl methyl sites for hydroxylation is 1. The Morgan fingerprint density at radius 3 is 2.84 bits per heavy atom. The number of nitrogens with zero attached hydrogens (tertiary/aromatic N) is 1. The lowest BCUT2D eigenvalue weighted by molar-refractivity contribution is 0.0750. The molecule has 0 aromatic carbocycles. The van der Waals surface area contributed by atoms with Crippen LogP contribution < -0.4 is 5.32 Å². The van der Waals surface area contributed by atoms with E-state index in [9.17, 15) is 4.79 Å². The Morgan fingerprint density at radius 1 is 1.42 bits per heavy atom. The number of hydrogen-bond acceptors (Lipinski definition) is 3. The van der Waals surface area contributed by atoms with Gasteiger partial charge in [0.2, 0.25) is 0 Å². The van der Waals surface area contributed by atoms with Crippen molar-refractivity contribution in [3.05, 3.63) is 23.7 Å². The van der Waals surface area contributed by atoms with Gasteiger partial charge in [0.15, 0.2) is 5.76 Å². The van der Waals surface area contributed by atoms with Gasteiger partial charge in [0, 0.05) is 26.2 Å². The number of furan rings is 1. The van der Waals surface area contributed by atoms with E-state index in [1.807, 2.05) is 11.0 Å². The summed E-state index contributed by atoms with van der Waals surface area (Å²) >= 11 is 0. The first-order valence-electron chi connectivity index (χ1n) is 7.35. The molecule has 2 aliphatic rings. The highest BCUT2D eigenvalue weighted by Crippen LogP contribution is 2.27. The van der Waals surface area contributed by atoms with E-state index in [-0.39, 0.29) is 5.91 Å². The lowest BCUT2D eigenvalue weighted by Gasteiger charge is -2.15. The van der Waals surface area contributed by atoms with Crippen molar-refractivity contribution < 1.29 is 9.21 Å². The highest BCUT2D eigenvalue weighted by molar-refractivity contribution is 5.91. The molecule has 3 rings (SSSR count).